The van der Waals surface area contributed by atoms with Gasteiger partial charge in [0.2, 0.25) is 0 Å². The third-order valence-electron chi connectivity index (χ3n) is 4.62. The van der Waals surface area contributed by atoms with Crippen LogP contribution < -0.4 is 4.74 Å². The number of aliphatic hydroxyl groups excluding tert-OH is 1. The Labute approximate surface area is 136 Å². The number of hydrogen-bond acceptors (Lipinski definition) is 4. The van der Waals surface area contributed by atoms with Gasteiger partial charge in [-0.2, -0.15) is 11.8 Å². The quantitative estimate of drug-likeness (QED) is 0.939. The SMILES string of the molecule is COc1ccc2c(c1)c([C@@H](O)CN1CCSCC1)c(C)n2C. The van der Waals surface area contributed by atoms with Gasteiger partial charge in [0.15, 0.2) is 0 Å². The number of β-amino-alcohol motifs (C(OH)–C–C–N with tert-alkyl or cyclic N) is 1. The molecule has 0 aliphatic carbocycles. The summed E-state index contributed by atoms with van der Waals surface area (Å²) in [6.45, 7) is 4.92. The molecule has 1 aliphatic rings. The average Bonchev–Trinajstić information content (AvgIpc) is 2.79. The van der Waals surface area contributed by atoms with E-state index in [1.807, 2.05) is 23.9 Å². The van der Waals surface area contributed by atoms with E-state index in [1.165, 1.54) is 0 Å². The summed E-state index contributed by atoms with van der Waals surface area (Å²) in [6.07, 6.45) is -0.459. The molecule has 0 unspecified atom stereocenters. The number of thioether (sulfide) groups is 1. The van der Waals surface area contributed by atoms with E-state index in [1.54, 1.807) is 7.11 Å². The highest BCUT2D eigenvalue weighted by Crippen LogP contribution is 2.33. The Hall–Kier alpha value is -1.17. The summed E-state index contributed by atoms with van der Waals surface area (Å²) in [7, 11) is 3.73. The fraction of sp³-hybridized carbons (Fsp3) is 0.529. The molecular formula is C17H24N2O2S. The van der Waals surface area contributed by atoms with Crippen LogP contribution in [0, 0.1) is 6.92 Å². The molecule has 1 saturated heterocycles. The summed E-state index contributed by atoms with van der Waals surface area (Å²) < 4.78 is 7.50. The Morgan fingerprint density at radius 2 is 2.05 bits per heavy atom. The largest absolute Gasteiger partial charge is 0.497 e. The molecule has 0 saturated carbocycles. The van der Waals surface area contributed by atoms with Gasteiger partial charge >= 0.3 is 0 Å². The van der Waals surface area contributed by atoms with Gasteiger partial charge in [-0.1, -0.05) is 0 Å². The molecule has 0 amide bonds. The zero-order valence-electron chi connectivity index (χ0n) is 13.5. The third-order valence-corrected chi connectivity index (χ3v) is 5.56. The van der Waals surface area contributed by atoms with E-state index in [0.717, 1.165) is 52.5 Å². The summed E-state index contributed by atoms with van der Waals surface area (Å²) in [4.78, 5) is 2.36. The summed E-state index contributed by atoms with van der Waals surface area (Å²) in [5.74, 6) is 3.16. The maximum atomic E-state index is 10.8. The Bertz CT molecular complexity index is 662. The van der Waals surface area contributed by atoms with Crippen molar-refractivity contribution in [2.45, 2.75) is 13.0 Å². The second kappa shape index (κ2) is 6.52. The first-order valence-corrected chi connectivity index (χ1v) is 8.88. The normalized spacial score (nSPS) is 17.8. The molecule has 5 heteroatoms. The van der Waals surface area contributed by atoms with Gasteiger partial charge in [0.1, 0.15) is 5.75 Å². The van der Waals surface area contributed by atoms with Gasteiger partial charge in [0.25, 0.3) is 0 Å². The molecule has 0 spiro atoms. The van der Waals surface area contributed by atoms with Gasteiger partial charge in [-0.15, -0.1) is 0 Å². The zero-order valence-corrected chi connectivity index (χ0v) is 14.3. The molecular weight excluding hydrogens is 296 g/mol. The van der Waals surface area contributed by atoms with Crippen molar-refractivity contribution in [2.75, 3.05) is 38.2 Å². The predicted molar refractivity (Wildman–Crippen MR) is 92.9 cm³/mol. The molecule has 4 nitrogen and oxygen atoms in total. The molecule has 1 aliphatic heterocycles. The standard InChI is InChI=1S/C17H24N2O2S/c1-12-17(16(20)11-19-6-8-22-9-7-19)14-10-13(21-3)4-5-15(14)18(12)2/h4-5,10,16,20H,6-9,11H2,1-3H3/t16-/m0/s1. The van der Waals surface area contributed by atoms with Gasteiger partial charge in [0, 0.05) is 60.3 Å². The highest BCUT2D eigenvalue weighted by atomic mass is 32.2. The smallest absolute Gasteiger partial charge is 0.119 e. The molecule has 120 valence electrons. The maximum absolute atomic E-state index is 10.8. The highest BCUT2D eigenvalue weighted by Gasteiger charge is 2.22. The molecule has 2 heterocycles. The molecule has 2 aromatic rings. The van der Waals surface area contributed by atoms with Crippen LogP contribution in [0.25, 0.3) is 10.9 Å². The molecule has 1 atom stereocenters. The molecule has 0 radical (unpaired) electrons. The number of aryl methyl sites for hydroxylation is 1. The maximum Gasteiger partial charge on any atom is 0.119 e. The third kappa shape index (κ3) is 2.85. The minimum atomic E-state index is -0.459. The summed E-state index contributed by atoms with van der Waals surface area (Å²) in [6, 6.07) is 6.07. The summed E-state index contributed by atoms with van der Waals surface area (Å²) in [5.41, 5.74) is 3.30. The first-order chi connectivity index (χ1) is 10.6. The van der Waals surface area contributed by atoms with Gasteiger partial charge in [-0.3, -0.25) is 4.90 Å². The van der Waals surface area contributed by atoms with Crippen molar-refractivity contribution in [3.63, 3.8) is 0 Å². The minimum Gasteiger partial charge on any atom is -0.497 e. The second-order valence-electron chi connectivity index (χ2n) is 5.87. The van der Waals surface area contributed by atoms with Crippen LogP contribution >= 0.6 is 11.8 Å². The predicted octanol–water partition coefficient (Wildman–Crippen LogP) is 2.58. The number of ether oxygens (including phenoxy) is 1. The van der Waals surface area contributed by atoms with E-state index in [2.05, 4.69) is 29.5 Å². The Morgan fingerprint density at radius 1 is 1.32 bits per heavy atom. The number of hydrogen-bond donors (Lipinski definition) is 1. The summed E-state index contributed by atoms with van der Waals surface area (Å²) >= 11 is 1.99. The molecule has 1 N–H and O–H groups in total. The van der Waals surface area contributed by atoms with Crippen molar-refractivity contribution in [3.8, 4) is 5.75 Å². The lowest BCUT2D eigenvalue weighted by Crippen LogP contribution is -2.36. The van der Waals surface area contributed by atoms with Crippen LogP contribution in [-0.2, 0) is 7.05 Å². The summed E-state index contributed by atoms with van der Waals surface area (Å²) in [5, 5.41) is 11.9. The van der Waals surface area contributed by atoms with Crippen LogP contribution in [-0.4, -0.2) is 52.8 Å². The monoisotopic (exact) mass is 320 g/mol. The van der Waals surface area contributed by atoms with Crippen LogP contribution in [0.4, 0.5) is 0 Å². The van der Waals surface area contributed by atoms with Gasteiger partial charge in [-0.05, 0) is 25.1 Å². The Morgan fingerprint density at radius 3 is 2.73 bits per heavy atom. The number of aromatic nitrogens is 1. The first kappa shape index (κ1) is 15.7. The molecule has 22 heavy (non-hydrogen) atoms. The molecule has 1 aromatic heterocycles. The van der Waals surface area contributed by atoms with Crippen molar-refractivity contribution in [3.05, 3.63) is 29.5 Å². The van der Waals surface area contributed by atoms with Crippen molar-refractivity contribution < 1.29 is 9.84 Å². The number of nitrogens with zero attached hydrogens (tertiary/aromatic N) is 2. The zero-order chi connectivity index (χ0) is 15.7. The van der Waals surface area contributed by atoms with E-state index in [9.17, 15) is 5.11 Å². The minimum absolute atomic E-state index is 0.459. The lowest BCUT2D eigenvalue weighted by atomic mass is 10.0. The van der Waals surface area contributed by atoms with Crippen molar-refractivity contribution in [2.24, 2.45) is 7.05 Å². The van der Waals surface area contributed by atoms with E-state index >= 15 is 0 Å². The second-order valence-corrected chi connectivity index (χ2v) is 7.09. The van der Waals surface area contributed by atoms with Crippen LogP contribution in [0.3, 0.4) is 0 Å². The van der Waals surface area contributed by atoms with E-state index < -0.39 is 6.10 Å². The lowest BCUT2D eigenvalue weighted by Gasteiger charge is -2.28. The molecule has 3 rings (SSSR count). The molecule has 1 aromatic carbocycles. The van der Waals surface area contributed by atoms with E-state index in [-0.39, 0.29) is 0 Å². The first-order valence-electron chi connectivity index (χ1n) is 7.73. The van der Waals surface area contributed by atoms with E-state index in [4.69, 9.17) is 4.74 Å². The van der Waals surface area contributed by atoms with Crippen molar-refractivity contribution in [1.29, 1.82) is 0 Å². The molecule has 1 fully saturated rings. The van der Waals surface area contributed by atoms with E-state index in [0.29, 0.717) is 6.54 Å². The highest BCUT2D eigenvalue weighted by molar-refractivity contribution is 7.99. The van der Waals surface area contributed by atoms with Crippen molar-refractivity contribution >= 4 is 22.7 Å². The number of rotatable bonds is 4. The number of aliphatic hydroxyl groups is 1. The van der Waals surface area contributed by atoms with Gasteiger partial charge in [0.05, 0.1) is 13.2 Å². The number of fused-ring (bicyclic) bond motifs is 1. The van der Waals surface area contributed by atoms with Crippen molar-refractivity contribution in [1.82, 2.24) is 9.47 Å². The van der Waals surface area contributed by atoms with Gasteiger partial charge in [-0.25, -0.2) is 0 Å². The topological polar surface area (TPSA) is 37.6 Å². The van der Waals surface area contributed by atoms with Crippen LogP contribution in [0.5, 0.6) is 5.75 Å². The average molecular weight is 320 g/mol. The van der Waals surface area contributed by atoms with Gasteiger partial charge < -0.3 is 14.4 Å². The Balaban J connectivity index is 1.95. The number of benzene rings is 1. The number of methoxy groups -OCH3 is 1. The fourth-order valence-electron chi connectivity index (χ4n) is 3.25. The van der Waals surface area contributed by atoms with Crippen LogP contribution in [0.2, 0.25) is 0 Å². The van der Waals surface area contributed by atoms with Crippen LogP contribution in [0.1, 0.15) is 17.4 Å². The lowest BCUT2D eigenvalue weighted by molar-refractivity contribution is 0.119. The Kier molecular flexibility index (Phi) is 4.66. The molecule has 0 bridgehead atoms. The van der Waals surface area contributed by atoms with Crippen LogP contribution in [0.15, 0.2) is 18.2 Å². The fourth-order valence-corrected chi connectivity index (χ4v) is 4.23.